The normalized spacial score (nSPS) is 26.7. The monoisotopic (exact) mass is 412 g/mol. The number of rotatable bonds is 8. The Morgan fingerprint density at radius 2 is 1.90 bits per heavy atom. The quantitative estimate of drug-likeness (QED) is 0.524. The van der Waals surface area contributed by atoms with E-state index in [2.05, 4.69) is 29.7 Å². The number of carbonyl (C=O) groups excluding carboxylic acids is 1. The lowest BCUT2D eigenvalue weighted by Gasteiger charge is -2.56. The number of hydrogen-bond acceptors (Lipinski definition) is 5. The van der Waals surface area contributed by atoms with Gasteiger partial charge in [0.15, 0.2) is 5.78 Å². The molecule has 0 unspecified atom stereocenters. The summed E-state index contributed by atoms with van der Waals surface area (Å²) in [5.41, 5.74) is 3.78. The van der Waals surface area contributed by atoms with Gasteiger partial charge in [-0.25, -0.2) is 0 Å². The molecule has 5 nitrogen and oxygen atoms in total. The van der Waals surface area contributed by atoms with Gasteiger partial charge in [-0.15, -0.1) is 0 Å². The summed E-state index contributed by atoms with van der Waals surface area (Å²) in [7, 11) is 0. The first kappa shape index (κ1) is 21.5. The lowest BCUT2D eigenvalue weighted by atomic mass is 9.49. The van der Waals surface area contributed by atoms with Crippen LogP contribution in [0.2, 0.25) is 0 Å². The van der Waals surface area contributed by atoms with Crippen LogP contribution in [0.4, 0.5) is 5.69 Å². The Kier molecular flexibility index (Phi) is 6.33. The zero-order chi connectivity index (χ0) is 21.3. The Morgan fingerprint density at radius 1 is 1.20 bits per heavy atom. The number of ether oxygens (including phenoxy) is 1. The van der Waals surface area contributed by atoms with Crippen LogP contribution in [0.5, 0.6) is 0 Å². The van der Waals surface area contributed by atoms with E-state index >= 15 is 0 Å². The minimum atomic E-state index is -0.447. The van der Waals surface area contributed by atoms with Crippen molar-refractivity contribution in [2.75, 3.05) is 50.8 Å². The third-order valence-electron chi connectivity index (χ3n) is 7.64. The van der Waals surface area contributed by atoms with Crippen LogP contribution in [0.15, 0.2) is 35.9 Å². The van der Waals surface area contributed by atoms with Crippen molar-refractivity contribution in [3.8, 4) is 0 Å². The molecule has 1 aromatic carbocycles. The van der Waals surface area contributed by atoms with Crippen LogP contribution in [-0.4, -0.2) is 67.8 Å². The summed E-state index contributed by atoms with van der Waals surface area (Å²) >= 11 is 0. The third-order valence-corrected chi connectivity index (χ3v) is 7.64. The number of aliphatic hydroxyl groups is 1. The lowest BCUT2D eigenvalue weighted by molar-refractivity contribution is -0.0262. The molecule has 4 aliphatic rings. The Hall–Kier alpha value is -1.69. The number of hydrogen-bond donors (Lipinski definition) is 1. The van der Waals surface area contributed by atoms with E-state index in [-0.39, 0.29) is 5.78 Å². The van der Waals surface area contributed by atoms with Gasteiger partial charge in [-0.2, -0.15) is 0 Å². The maximum Gasteiger partial charge on any atom is 0.159 e. The number of aliphatic hydroxyl groups excluding tert-OH is 1. The van der Waals surface area contributed by atoms with E-state index < -0.39 is 6.10 Å². The second-order valence-corrected chi connectivity index (χ2v) is 9.88. The number of nitrogens with zero attached hydrogens (tertiary/aromatic N) is 2. The number of β-amino-alcohol motifs (C(OH)–C–C–N with tert-alkyl or cyclic N) is 1. The molecule has 1 saturated heterocycles. The van der Waals surface area contributed by atoms with Gasteiger partial charge in [0.05, 0.1) is 19.3 Å². The highest BCUT2D eigenvalue weighted by Gasteiger charge is 2.50. The molecule has 1 aromatic rings. The van der Waals surface area contributed by atoms with Crippen molar-refractivity contribution >= 4 is 11.5 Å². The summed E-state index contributed by atoms with van der Waals surface area (Å²) in [6.45, 7) is 11.8. The number of Topliss-reactive ketones (excluding diaryl/α,β-unsaturated/α-hetero) is 1. The molecule has 0 aromatic heterocycles. The van der Waals surface area contributed by atoms with E-state index in [1.807, 2.05) is 24.3 Å². The largest absolute Gasteiger partial charge is 0.389 e. The number of benzene rings is 1. The van der Waals surface area contributed by atoms with E-state index in [1.165, 1.54) is 18.4 Å². The maximum absolute atomic E-state index is 11.4. The highest BCUT2D eigenvalue weighted by atomic mass is 16.5. The first-order valence-corrected chi connectivity index (χ1v) is 11.4. The number of allylic oxidation sites excluding steroid dienone is 1. The van der Waals surface area contributed by atoms with Gasteiger partial charge in [-0.3, -0.25) is 9.69 Å². The van der Waals surface area contributed by atoms with Crippen LogP contribution in [0.25, 0.3) is 0 Å². The molecule has 0 spiro atoms. The second-order valence-electron chi connectivity index (χ2n) is 9.88. The molecule has 1 aliphatic heterocycles. The van der Waals surface area contributed by atoms with Crippen molar-refractivity contribution in [3.63, 3.8) is 0 Å². The summed E-state index contributed by atoms with van der Waals surface area (Å²) in [5.74, 6) is 1.62. The Morgan fingerprint density at radius 3 is 2.50 bits per heavy atom. The van der Waals surface area contributed by atoms with Crippen LogP contribution >= 0.6 is 0 Å². The zero-order valence-corrected chi connectivity index (χ0v) is 18.6. The molecule has 2 bridgehead atoms. The number of piperazine rings is 1. The Bertz CT molecular complexity index is 778. The fourth-order valence-electron chi connectivity index (χ4n) is 5.40. The molecule has 30 heavy (non-hydrogen) atoms. The summed E-state index contributed by atoms with van der Waals surface area (Å²) in [4.78, 5) is 16.1. The van der Waals surface area contributed by atoms with Gasteiger partial charge in [-0.1, -0.05) is 19.9 Å². The minimum absolute atomic E-state index is 0.1000. The van der Waals surface area contributed by atoms with E-state index in [1.54, 1.807) is 6.92 Å². The van der Waals surface area contributed by atoms with Gasteiger partial charge in [0.1, 0.15) is 0 Å². The van der Waals surface area contributed by atoms with E-state index in [0.717, 1.165) is 43.3 Å². The fraction of sp³-hybridized carbons (Fsp3) is 0.640. The molecule has 1 N–H and O–H groups in total. The SMILES string of the molecule is CC(=O)c1ccc(N2CCN(C[C@H](O)COCC3=CC[C@H]4C[C@@H]3C4(C)C)CC2)cc1. The highest BCUT2D eigenvalue weighted by molar-refractivity contribution is 5.94. The van der Waals surface area contributed by atoms with Crippen molar-refractivity contribution in [3.05, 3.63) is 41.5 Å². The smallest absolute Gasteiger partial charge is 0.159 e. The van der Waals surface area contributed by atoms with Gasteiger partial charge >= 0.3 is 0 Å². The van der Waals surface area contributed by atoms with Crippen molar-refractivity contribution in [1.82, 2.24) is 4.90 Å². The van der Waals surface area contributed by atoms with Crippen LogP contribution < -0.4 is 4.90 Å². The number of ketones is 1. The molecule has 0 radical (unpaired) electrons. The number of anilines is 1. The molecule has 1 saturated carbocycles. The molecule has 2 fully saturated rings. The van der Waals surface area contributed by atoms with Crippen LogP contribution in [-0.2, 0) is 4.74 Å². The highest BCUT2D eigenvalue weighted by Crippen LogP contribution is 2.59. The third kappa shape index (κ3) is 4.48. The maximum atomic E-state index is 11.4. The van der Waals surface area contributed by atoms with Gasteiger partial charge in [-0.05, 0) is 66.9 Å². The Labute approximate surface area is 180 Å². The van der Waals surface area contributed by atoms with Crippen LogP contribution in [0.3, 0.4) is 0 Å². The lowest BCUT2D eigenvalue weighted by Crippen LogP contribution is -2.49. The van der Waals surface area contributed by atoms with Gasteiger partial charge in [0.25, 0.3) is 0 Å². The van der Waals surface area contributed by atoms with E-state index in [9.17, 15) is 9.90 Å². The summed E-state index contributed by atoms with van der Waals surface area (Å²) in [5, 5.41) is 10.4. The van der Waals surface area contributed by atoms with Gasteiger partial charge in [0, 0.05) is 44.0 Å². The molecule has 5 rings (SSSR count). The minimum Gasteiger partial charge on any atom is -0.389 e. The van der Waals surface area contributed by atoms with E-state index in [0.29, 0.717) is 31.1 Å². The average Bonchev–Trinajstić information content (AvgIpc) is 2.74. The van der Waals surface area contributed by atoms with Gasteiger partial charge < -0.3 is 14.7 Å². The summed E-state index contributed by atoms with van der Waals surface area (Å²) < 4.78 is 5.90. The summed E-state index contributed by atoms with van der Waals surface area (Å²) in [6, 6.07) is 7.86. The van der Waals surface area contributed by atoms with E-state index in [4.69, 9.17) is 4.74 Å². The predicted molar refractivity (Wildman–Crippen MR) is 120 cm³/mol. The molecule has 3 atom stereocenters. The first-order valence-electron chi connectivity index (χ1n) is 11.4. The molecule has 3 aliphatic carbocycles. The number of fused-ring (bicyclic) bond motifs is 1. The van der Waals surface area contributed by atoms with Crippen LogP contribution in [0, 0.1) is 17.3 Å². The van der Waals surface area contributed by atoms with Crippen molar-refractivity contribution in [2.45, 2.75) is 39.7 Å². The van der Waals surface area contributed by atoms with Crippen molar-refractivity contribution in [2.24, 2.45) is 17.3 Å². The number of carbonyl (C=O) groups is 1. The zero-order valence-electron chi connectivity index (χ0n) is 18.6. The van der Waals surface area contributed by atoms with Crippen molar-refractivity contribution in [1.29, 1.82) is 0 Å². The average molecular weight is 413 g/mol. The van der Waals surface area contributed by atoms with Crippen LogP contribution in [0.1, 0.15) is 44.0 Å². The van der Waals surface area contributed by atoms with Gasteiger partial charge in [0.2, 0.25) is 0 Å². The molecular weight excluding hydrogens is 376 g/mol. The molecular formula is C25H36N2O3. The molecule has 164 valence electrons. The standard InChI is InChI=1S/C25H36N2O3/c1-18(28)19-5-8-22(9-6-19)27-12-10-26(11-13-27)15-23(29)17-30-16-20-4-7-21-14-24(20)25(21,2)3/h4-6,8-9,21,23-24,29H,7,10-17H2,1-3H3/t21-,23-,24-/m0/s1. The molecule has 1 heterocycles. The van der Waals surface area contributed by atoms with Crippen molar-refractivity contribution < 1.29 is 14.6 Å². The molecule has 5 heteroatoms. The fourth-order valence-corrected chi connectivity index (χ4v) is 5.40. The summed E-state index contributed by atoms with van der Waals surface area (Å²) in [6.07, 6.45) is 4.43. The predicted octanol–water partition coefficient (Wildman–Crippen LogP) is 3.38. The first-order chi connectivity index (χ1) is 14.3. The molecule has 0 amide bonds. The Balaban J connectivity index is 1.16. The second kappa shape index (κ2) is 8.81. The topological polar surface area (TPSA) is 53.0 Å².